The smallest absolute Gasteiger partial charge is 0.266 e. The van der Waals surface area contributed by atoms with Gasteiger partial charge >= 0.3 is 0 Å². The van der Waals surface area contributed by atoms with Crippen molar-refractivity contribution in [1.82, 2.24) is 9.97 Å². The molecule has 0 bridgehead atoms. The Morgan fingerprint density at radius 2 is 1.90 bits per heavy atom. The highest BCUT2D eigenvalue weighted by Gasteiger charge is 2.20. The van der Waals surface area contributed by atoms with Crippen LogP contribution >= 0.6 is 23.2 Å². The van der Waals surface area contributed by atoms with Gasteiger partial charge < -0.3 is 4.74 Å². The molecule has 0 radical (unpaired) electrons. The fourth-order valence-electron chi connectivity index (χ4n) is 1.48. The summed E-state index contributed by atoms with van der Waals surface area (Å²) in [5, 5.41) is -0.127. The lowest BCUT2D eigenvalue weighted by atomic mass is 10.3. The molecule has 0 aliphatic rings. The number of methoxy groups -OCH3 is 1. The molecule has 0 saturated heterocycles. The maximum Gasteiger partial charge on any atom is 0.266 e. The monoisotopic (exact) mass is 333 g/mol. The Labute approximate surface area is 125 Å². The van der Waals surface area contributed by atoms with E-state index in [2.05, 4.69) is 14.7 Å². The summed E-state index contributed by atoms with van der Waals surface area (Å²) < 4.78 is 31.8. The molecule has 0 aliphatic heterocycles. The molecule has 2 aromatic rings. The lowest BCUT2D eigenvalue weighted by Crippen LogP contribution is -2.15. The number of para-hydroxylation sites is 1. The number of rotatable bonds is 4. The molecular weight excluding hydrogens is 325 g/mol. The Kier molecular flexibility index (Phi) is 4.32. The summed E-state index contributed by atoms with van der Waals surface area (Å²) in [6.07, 6.45) is 0. The van der Waals surface area contributed by atoms with Gasteiger partial charge in [0.1, 0.15) is 21.6 Å². The summed E-state index contributed by atoms with van der Waals surface area (Å²) >= 11 is 11.3. The van der Waals surface area contributed by atoms with E-state index >= 15 is 0 Å². The largest absolute Gasteiger partial charge is 0.495 e. The van der Waals surface area contributed by atoms with E-state index in [9.17, 15) is 8.42 Å². The van der Waals surface area contributed by atoms with Gasteiger partial charge in [0.15, 0.2) is 0 Å². The highest BCUT2D eigenvalue weighted by atomic mass is 35.5. The van der Waals surface area contributed by atoms with Crippen molar-refractivity contribution in [2.45, 2.75) is 4.90 Å². The Balaban J connectivity index is 2.41. The van der Waals surface area contributed by atoms with Gasteiger partial charge in [0.05, 0.1) is 7.11 Å². The molecule has 9 heteroatoms. The van der Waals surface area contributed by atoms with E-state index in [1.807, 2.05) is 0 Å². The molecule has 1 aromatic carbocycles. The third kappa shape index (κ3) is 3.30. The average molecular weight is 334 g/mol. The van der Waals surface area contributed by atoms with Crippen LogP contribution in [0.25, 0.3) is 0 Å². The number of hydrogen-bond acceptors (Lipinski definition) is 5. The van der Waals surface area contributed by atoms with Crippen molar-refractivity contribution in [3.63, 3.8) is 0 Å². The van der Waals surface area contributed by atoms with Crippen molar-refractivity contribution in [3.8, 4) is 5.75 Å². The number of ether oxygens (including phenoxy) is 1. The molecule has 1 heterocycles. The number of halogens is 2. The maximum atomic E-state index is 12.3. The van der Waals surface area contributed by atoms with Gasteiger partial charge in [0.25, 0.3) is 10.0 Å². The number of sulfonamides is 1. The fourth-order valence-corrected chi connectivity index (χ4v) is 3.05. The number of nitrogens with zero attached hydrogens (tertiary/aromatic N) is 2. The van der Waals surface area contributed by atoms with Crippen LogP contribution in [0.2, 0.25) is 10.4 Å². The summed E-state index contributed by atoms with van der Waals surface area (Å²) in [7, 11) is -2.49. The van der Waals surface area contributed by atoms with Gasteiger partial charge in [-0.2, -0.15) is 4.98 Å². The maximum absolute atomic E-state index is 12.3. The minimum absolute atomic E-state index is 0.0200. The molecule has 0 atom stereocenters. The average Bonchev–Trinajstić information content (AvgIpc) is 2.36. The van der Waals surface area contributed by atoms with Crippen LogP contribution in [0.1, 0.15) is 0 Å². The second-order valence-electron chi connectivity index (χ2n) is 3.60. The van der Waals surface area contributed by atoms with Crippen LogP contribution in [0.15, 0.2) is 35.2 Å². The first-order valence-corrected chi connectivity index (χ1v) is 7.52. The normalized spacial score (nSPS) is 11.2. The van der Waals surface area contributed by atoms with Crippen LogP contribution in [-0.2, 0) is 10.0 Å². The van der Waals surface area contributed by atoms with Crippen LogP contribution in [0, 0.1) is 0 Å². The summed E-state index contributed by atoms with van der Waals surface area (Å²) in [6.45, 7) is 0. The topological polar surface area (TPSA) is 81.2 Å². The van der Waals surface area contributed by atoms with E-state index in [1.54, 1.807) is 12.1 Å². The molecule has 0 spiro atoms. The van der Waals surface area contributed by atoms with Crippen molar-refractivity contribution in [2.24, 2.45) is 0 Å². The minimum Gasteiger partial charge on any atom is -0.495 e. The number of anilines is 1. The number of nitrogens with one attached hydrogen (secondary N) is 1. The van der Waals surface area contributed by atoms with E-state index in [-0.39, 0.29) is 26.9 Å². The van der Waals surface area contributed by atoms with E-state index < -0.39 is 10.0 Å². The zero-order valence-electron chi connectivity index (χ0n) is 10.2. The third-order valence-electron chi connectivity index (χ3n) is 2.27. The first-order chi connectivity index (χ1) is 9.42. The molecule has 20 heavy (non-hydrogen) atoms. The van der Waals surface area contributed by atoms with E-state index in [0.29, 0.717) is 0 Å². The van der Waals surface area contributed by atoms with Crippen LogP contribution in [0.5, 0.6) is 5.75 Å². The molecule has 0 amide bonds. The van der Waals surface area contributed by atoms with Crippen molar-refractivity contribution >= 4 is 39.0 Å². The molecule has 1 aromatic heterocycles. The van der Waals surface area contributed by atoms with E-state index in [4.69, 9.17) is 27.9 Å². The molecule has 0 fully saturated rings. The summed E-state index contributed by atoms with van der Waals surface area (Å²) in [4.78, 5) is 7.35. The van der Waals surface area contributed by atoms with Gasteiger partial charge in [-0.1, -0.05) is 23.7 Å². The standard InChI is InChI=1S/C11H9Cl2N3O3S/c1-19-7-4-2-3-5-8(7)20(17,18)16-10-6-9(12)14-11(13)15-10/h2-6H,1H3,(H,14,15,16). The third-order valence-corrected chi connectivity index (χ3v) is 4.02. The quantitative estimate of drug-likeness (QED) is 0.687. The summed E-state index contributed by atoms with van der Waals surface area (Å²) in [5.41, 5.74) is 0. The molecule has 0 unspecified atom stereocenters. The minimum atomic E-state index is -3.87. The molecule has 0 saturated carbocycles. The Bertz CT molecular complexity index is 717. The second kappa shape index (κ2) is 5.82. The van der Waals surface area contributed by atoms with Gasteiger partial charge in [-0.15, -0.1) is 0 Å². The van der Waals surface area contributed by atoms with Crippen LogP contribution in [0.4, 0.5) is 5.82 Å². The van der Waals surface area contributed by atoms with Crippen molar-refractivity contribution in [3.05, 3.63) is 40.8 Å². The van der Waals surface area contributed by atoms with Gasteiger partial charge in [0, 0.05) is 6.07 Å². The lowest BCUT2D eigenvalue weighted by Gasteiger charge is -2.10. The van der Waals surface area contributed by atoms with Crippen LogP contribution in [-0.4, -0.2) is 25.5 Å². The Morgan fingerprint density at radius 1 is 1.20 bits per heavy atom. The van der Waals surface area contributed by atoms with Crippen molar-refractivity contribution < 1.29 is 13.2 Å². The predicted molar refractivity (Wildman–Crippen MR) is 75.9 cm³/mol. The van der Waals surface area contributed by atoms with Gasteiger partial charge in [-0.3, -0.25) is 4.72 Å². The molecule has 6 nitrogen and oxygen atoms in total. The SMILES string of the molecule is COc1ccccc1S(=O)(=O)Nc1cc(Cl)nc(Cl)n1. The molecule has 1 N–H and O–H groups in total. The fraction of sp³-hybridized carbons (Fsp3) is 0.0909. The summed E-state index contributed by atoms with van der Waals surface area (Å²) in [6, 6.07) is 7.44. The van der Waals surface area contributed by atoms with E-state index in [1.165, 1.54) is 25.3 Å². The molecule has 106 valence electrons. The highest BCUT2D eigenvalue weighted by Crippen LogP contribution is 2.25. The number of aromatic nitrogens is 2. The zero-order valence-corrected chi connectivity index (χ0v) is 12.5. The van der Waals surface area contributed by atoms with E-state index in [0.717, 1.165) is 0 Å². The Morgan fingerprint density at radius 3 is 2.55 bits per heavy atom. The van der Waals surface area contributed by atoms with Gasteiger partial charge in [-0.25, -0.2) is 13.4 Å². The van der Waals surface area contributed by atoms with Gasteiger partial charge in [0.2, 0.25) is 5.28 Å². The van der Waals surface area contributed by atoms with Crippen LogP contribution < -0.4 is 9.46 Å². The van der Waals surface area contributed by atoms with Crippen LogP contribution in [0.3, 0.4) is 0 Å². The number of hydrogen-bond donors (Lipinski definition) is 1. The van der Waals surface area contributed by atoms with Crippen molar-refractivity contribution in [2.75, 3.05) is 11.8 Å². The van der Waals surface area contributed by atoms with Gasteiger partial charge in [-0.05, 0) is 23.7 Å². The Hall–Kier alpha value is -1.57. The first kappa shape index (κ1) is 14.8. The molecule has 0 aliphatic carbocycles. The lowest BCUT2D eigenvalue weighted by molar-refractivity contribution is 0.403. The highest BCUT2D eigenvalue weighted by molar-refractivity contribution is 7.92. The first-order valence-electron chi connectivity index (χ1n) is 5.28. The zero-order chi connectivity index (χ0) is 14.8. The number of benzene rings is 1. The summed E-state index contributed by atoms with van der Waals surface area (Å²) in [5.74, 6) is 0.187. The molecular formula is C11H9Cl2N3O3S. The predicted octanol–water partition coefficient (Wildman–Crippen LogP) is 2.59. The molecule has 2 rings (SSSR count). The van der Waals surface area contributed by atoms with Crippen molar-refractivity contribution in [1.29, 1.82) is 0 Å². The second-order valence-corrected chi connectivity index (χ2v) is 5.98.